The Balaban J connectivity index is 2.36. The van der Waals surface area contributed by atoms with Crippen molar-refractivity contribution in [1.82, 2.24) is 9.13 Å². The number of methoxy groups -OCH3 is 2. The van der Waals surface area contributed by atoms with Crippen LogP contribution in [0.3, 0.4) is 0 Å². The third-order valence-corrected chi connectivity index (χ3v) is 4.61. The summed E-state index contributed by atoms with van der Waals surface area (Å²) in [6.07, 6.45) is 0. The molecule has 1 heterocycles. The van der Waals surface area contributed by atoms with Crippen LogP contribution in [-0.2, 0) is 0 Å². The second-order valence-corrected chi connectivity index (χ2v) is 6.27. The van der Waals surface area contributed by atoms with Gasteiger partial charge in [-0.05, 0) is 67.7 Å². The fourth-order valence-electron chi connectivity index (χ4n) is 2.83. The maximum atomic E-state index is 12.9. The Kier molecular flexibility index (Phi) is 5.32. The number of aromatic nitrogens is 2. The number of rotatable bonds is 5. The molecule has 1 aromatic heterocycles. The van der Waals surface area contributed by atoms with Crippen molar-refractivity contribution in [2.45, 2.75) is 6.92 Å². The highest BCUT2D eigenvalue weighted by Gasteiger charge is 2.22. The fraction of sp³-hybridized carbons (Fsp3) is 0.150. The number of hydrogen-bond acceptors (Lipinski definition) is 6. The number of nitrogens with zero attached hydrogens (tertiary/aromatic N) is 2. The van der Waals surface area contributed by atoms with E-state index in [-0.39, 0.29) is 10.3 Å². The first-order chi connectivity index (χ1) is 13.4. The van der Waals surface area contributed by atoms with Gasteiger partial charge >= 0.3 is 0 Å². The number of carbonyl (C=O) groups is 1. The summed E-state index contributed by atoms with van der Waals surface area (Å²) in [7, 11) is 3.07. The molecule has 0 aliphatic rings. The summed E-state index contributed by atoms with van der Waals surface area (Å²) in [5.41, 5.74) is -0.112. The summed E-state index contributed by atoms with van der Waals surface area (Å²) in [4.78, 5) is 25.0. The largest absolute Gasteiger partial charge is 0.497 e. The van der Waals surface area contributed by atoms with E-state index in [9.17, 15) is 14.7 Å². The van der Waals surface area contributed by atoms with Crippen molar-refractivity contribution in [2.75, 3.05) is 14.2 Å². The number of ether oxygens (including phenoxy) is 2. The number of carbonyl (C=O) groups excluding carboxylic acids is 1. The number of ketones is 1. The summed E-state index contributed by atoms with van der Waals surface area (Å²) in [5.74, 6) is 0.154. The van der Waals surface area contributed by atoms with Crippen LogP contribution < -0.4 is 15.0 Å². The van der Waals surface area contributed by atoms with Crippen molar-refractivity contribution in [2.24, 2.45) is 0 Å². The molecule has 0 fully saturated rings. The van der Waals surface area contributed by atoms with Gasteiger partial charge in [-0.3, -0.25) is 18.7 Å². The minimum absolute atomic E-state index is 0.0165. The van der Waals surface area contributed by atoms with Crippen LogP contribution in [0.2, 0.25) is 0 Å². The smallest absolute Gasteiger partial charge is 0.273 e. The minimum atomic E-state index is -0.690. The fourth-order valence-corrected chi connectivity index (χ4v) is 3.21. The summed E-state index contributed by atoms with van der Waals surface area (Å²) in [6, 6.07) is 13.4. The zero-order valence-corrected chi connectivity index (χ0v) is 16.3. The highest BCUT2D eigenvalue weighted by atomic mass is 32.1. The van der Waals surface area contributed by atoms with Gasteiger partial charge in [0.05, 0.1) is 25.6 Å². The van der Waals surface area contributed by atoms with Crippen LogP contribution >= 0.6 is 12.2 Å². The average Bonchev–Trinajstić information content (AvgIpc) is 2.68. The molecule has 1 N–H and O–H groups in total. The van der Waals surface area contributed by atoms with E-state index in [2.05, 4.69) is 0 Å². The van der Waals surface area contributed by atoms with Crippen LogP contribution in [0.4, 0.5) is 0 Å². The first-order valence-electron chi connectivity index (χ1n) is 8.30. The van der Waals surface area contributed by atoms with Crippen molar-refractivity contribution in [3.8, 4) is 28.8 Å². The zero-order chi connectivity index (χ0) is 20.4. The minimum Gasteiger partial charge on any atom is -0.497 e. The molecule has 0 saturated heterocycles. The molecule has 3 rings (SSSR count). The van der Waals surface area contributed by atoms with Crippen molar-refractivity contribution < 1.29 is 19.4 Å². The lowest BCUT2D eigenvalue weighted by atomic mass is 10.2. The monoisotopic (exact) mass is 398 g/mol. The van der Waals surface area contributed by atoms with Crippen LogP contribution in [0.1, 0.15) is 17.3 Å². The van der Waals surface area contributed by atoms with Crippen molar-refractivity contribution in [3.63, 3.8) is 0 Å². The van der Waals surface area contributed by atoms with Gasteiger partial charge < -0.3 is 14.6 Å². The predicted octanol–water partition coefficient (Wildman–Crippen LogP) is 3.28. The third-order valence-electron chi connectivity index (χ3n) is 4.25. The van der Waals surface area contributed by atoms with Gasteiger partial charge in [0.2, 0.25) is 5.88 Å². The quantitative estimate of drug-likeness (QED) is 0.525. The first kappa shape index (κ1) is 19.4. The topological polar surface area (TPSA) is 82.7 Å². The number of aromatic hydroxyl groups is 1. The first-order valence-corrected chi connectivity index (χ1v) is 8.70. The molecule has 0 radical (unpaired) electrons. The Bertz CT molecular complexity index is 1150. The molecule has 2 aromatic carbocycles. The van der Waals surface area contributed by atoms with E-state index in [0.29, 0.717) is 22.9 Å². The Morgan fingerprint density at radius 1 is 0.893 bits per heavy atom. The van der Waals surface area contributed by atoms with Gasteiger partial charge in [0.25, 0.3) is 5.56 Å². The van der Waals surface area contributed by atoms with Gasteiger partial charge in [0.15, 0.2) is 10.6 Å². The summed E-state index contributed by atoms with van der Waals surface area (Å²) >= 11 is 5.49. The number of benzene rings is 2. The van der Waals surface area contributed by atoms with E-state index < -0.39 is 17.2 Å². The molecule has 144 valence electrons. The van der Waals surface area contributed by atoms with E-state index in [1.165, 1.54) is 30.3 Å². The Hall–Kier alpha value is -3.39. The van der Waals surface area contributed by atoms with Crippen LogP contribution in [-0.4, -0.2) is 34.2 Å². The van der Waals surface area contributed by atoms with Crippen molar-refractivity contribution in [3.05, 3.63) is 69.2 Å². The van der Waals surface area contributed by atoms with Crippen LogP contribution in [0, 0.1) is 4.77 Å². The van der Waals surface area contributed by atoms with Gasteiger partial charge in [-0.1, -0.05) is 0 Å². The maximum Gasteiger partial charge on any atom is 0.273 e. The molecule has 0 aliphatic heterocycles. The number of Topliss-reactive ketones (excluding diaryl/α,β-unsaturated/α-hetero) is 1. The van der Waals surface area contributed by atoms with Gasteiger partial charge in [-0.25, -0.2) is 0 Å². The third kappa shape index (κ3) is 3.29. The normalized spacial score (nSPS) is 10.5. The maximum absolute atomic E-state index is 12.9. The summed E-state index contributed by atoms with van der Waals surface area (Å²) in [5, 5.41) is 10.7. The molecule has 0 unspecified atom stereocenters. The van der Waals surface area contributed by atoms with Gasteiger partial charge in [0.1, 0.15) is 17.1 Å². The highest BCUT2D eigenvalue weighted by molar-refractivity contribution is 7.71. The lowest BCUT2D eigenvalue weighted by Crippen LogP contribution is -2.28. The standard InChI is InChI=1S/C20H18N2O5S/c1-12(23)17-18(24)21(13-4-8-15(26-2)9-5-13)20(28)22(19(17)25)14-6-10-16(27-3)11-7-14/h4-11,24H,1-3H3. The Morgan fingerprint density at radius 2 is 1.32 bits per heavy atom. The molecule has 8 heteroatoms. The predicted molar refractivity (Wildman–Crippen MR) is 107 cm³/mol. The van der Waals surface area contributed by atoms with E-state index in [1.54, 1.807) is 48.5 Å². The molecule has 0 atom stereocenters. The molecule has 0 bridgehead atoms. The second kappa shape index (κ2) is 7.69. The molecule has 0 aliphatic carbocycles. The average molecular weight is 398 g/mol. The van der Waals surface area contributed by atoms with Crippen LogP contribution in [0.15, 0.2) is 53.3 Å². The highest BCUT2D eigenvalue weighted by Crippen LogP contribution is 2.24. The molecule has 0 saturated carbocycles. The second-order valence-electron chi connectivity index (χ2n) is 5.91. The Morgan fingerprint density at radius 3 is 1.71 bits per heavy atom. The SMILES string of the molecule is COc1ccc(-n2c(O)c(C(C)=O)c(=O)n(-c3ccc(OC)cc3)c2=S)cc1. The summed E-state index contributed by atoms with van der Waals surface area (Å²) in [6.45, 7) is 1.22. The zero-order valence-electron chi connectivity index (χ0n) is 15.5. The lowest BCUT2D eigenvalue weighted by molar-refractivity contribution is 0.101. The molecule has 0 spiro atoms. The van der Waals surface area contributed by atoms with Crippen LogP contribution in [0.25, 0.3) is 11.4 Å². The molecular formula is C20H18N2O5S. The molecule has 7 nitrogen and oxygen atoms in total. The molecule has 3 aromatic rings. The van der Waals surface area contributed by atoms with Crippen molar-refractivity contribution >= 4 is 18.0 Å². The van der Waals surface area contributed by atoms with Gasteiger partial charge in [-0.2, -0.15) is 0 Å². The molecule has 0 amide bonds. The summed E-state index contributed by atoms with van der Waals surface area (Å²) < 4.78 is 12.8. The van der Waals surface area contributed by atoms with Gasteiger partial charge in [0, 0.05) is 0 Å². The van der Waals surface area contributed by atoms with Gasteiger partial charge in [-0.15, -0.1) is 0 Å². The van der Waals surface area contributed by atoms with E-state index in [1.807, 2.05) is 0 Å². The van der Waals surface area contributed by atoms with Crippen molar-refractivity contribution in [1.29, 1.82) is 0 Å². The molecule has 28 heavy (non-hydrogen) atoms. The lowest BCUT2D eigenvalue weighted by Gasteiger charge is -2.17. The van der Waals surface area contributed by atoms with E-state index >= 15 is 0 Å². The van der Waals surface area contributed by atoms with Crippen LogP contribution in [0.5, 0.6) is 17.4 Å². The van der Waals surface area contributed by atoms with E-state index in [4.69, 9.17) is 21.7 Å². The Labute approximate surface area is 166 Å². The molecular weight excluding hydrogens is 380 g/mol. The van der Waals surface area contributed by atoms with E-state index in [0.717, 1.165) is 0 Å². The number of hydrogen-bond donors (Lipinski definition) is 1.